The molecular weight excluding hydrogens is 218 g/mol. The van der Waals surface area contributed by atoms with E-state index in [1.807, 2.05) is 0 Å². The first-order valence-electron chi connectivity index (χ1n) is 4.25. The van der Waals surface area contributed by atoms with E-state index in [-0.39, 0.29) is 18.8 Å². The molecule has 4 nitrogen and oxygen atoms in total. The molecular formula is C10H14ClNO3. The topological polar surface area (TPSA) is 72.5 Å². The van der Waals surface area contributed by atoms with Crippen molar-refractivity contribution in [1.82, 2.24) is 0 Å². The molecule has 0 fully saturated rings. The highest BCUT2D eigenvalue weighted by molar-refractivity contribution is 5.85. The number of benzene rings is 1. The number of hydrogen-bond donors (Lipinski definition) is 2. The number of methoxy groups -OCH3 is 1. The van der Waals surface area contributed by atoms with Gasteiger partial charge in [-0.05, 0) is 17.7 Å². The van der Waals surface area contributed by atoms with Crippen LogP contribution in [0, 0.1) is 0 Å². The molecule has 0 saturated carbocycles. The van der Waals surface area contributed by atoms with Crippen molar-refractivity contribution in [2.24, 2.45) is 5.73 Å². The largest absolute Gasteiger partial charge is 0.497 e. The van der Waals surface area contributed by atoms with Gasteiger partial charge in [-0.2, -0.15) is 0 Å². The van der Waals surface area contributed by atoms with Gasteiger partial charge in [-0.25, -0.2) is 0 Å². The number of carboxylic acid groups (broad SMARTS) is 1. The number of carboxylic acids is 1. The standard InChI is InChI=1S/C10H13NO3.ClH/c1-14-8-4-2-3-7(5-8)9(11)6-10(12)13;/h2-5,9H,6,11H2,1H3,(H,12,13);1H/t9-;/m0./s1. The second-order valence-electron chi connectivity index (χ2n) is 2.98. The molecule has 0 aliphatic rings. The van der Waals surface area contributed by atoms with Gasteiger partial charge in [-0.15, -0.1) is 12.4 Å². The molecule has 0 heterocycles. The highest BCUT2D eigenvalue weighted by Gasteiger charge is 2.10. The van der Waals surface area contributed by atoms with Crippen molar-refractivity contribution >= 4 is 18.4 Å². The maximum atomic E-state index is 10.4. The van der Waals surface area contributed by atoms with E-state index < -0.39 is 12.0 Å². The number of aliphatic carboxylic acids is 1. The zero-order chi connectivity index (χ0) is 10.6. The minimum Gasteiger partial charge on any atom is -0.497 e. The molecule has 0 saturated heterocycles. The molecule has 0 aromatic heterocycles. The normalized spacial score (nSPS) is 11.3. The smallest absolute Gasteiger partial charge is 0.305 e. The Morgan fingerprint density at radius 2 is 2.27 bits per heavy atom. The molecule has 1 rings (SSSR count). The van der Waals surface area contributed by atoms with E-state index in [9.17, 15) is 4.79 Å². The van der Waals surface area contributed by atoms with Gasteiger partial charge in [0.05, 0.1) is 13.5 Å². The lowest BCUT2D eigenvalue weighted by Crippen LogP contribution is -2.14. The third-order valence-corrected chi connectivity index (χ3v) is 1.92. The van der Waals surface area contributed by atoms with Crippen LogP contribution in [-0.4, -0.2) is 18.2 Å². The first kappa shape index (κ1) is 13.7. The third-order valence-electron chi connectivity index (χ3n) is 1.92. The SMILES string of the molecule is COc1cccc([C@@H](N)CC(=O)O)c1.Cl. The summed E-state index contributed by atoms with van der Waals surface area (Å²) >= 11 is 0. The lowest BCUT2D eigenvalue weighted by molar-refractivity contribution is -0.137. The van der Waals surface area contributed by atoms with Crippen LogP contribution < -0.4 is 10.5 Å². The van der Waals surface area contributed by atoms with Gasteiger partial charge in [-0.1, -0.05) is 12.1 Å². The molecule has 0 aliphatic carbocycles. The predicted octanol–water partition coefficient (Wildman–Crippen LogP) is 1.59. The molecule has 84 valence electrons. The zero-order valence-corrected chi connectivity index (χ0v) is 9.16. The van der Waals surface area contributed by atoms with Crippen molar-refractivity contribution < 1.29 is 14.6 Å². The quantitative estimate of drug-likeness (QED) is 0.826. The summed E-state index contributed by atoms with van der Waals surface area (Å²) in [6, 6.07) is 6.62. The molecule has 5 heteroatoms. The van der Waals surface area contributed by atoms with Crippen molar-refractivity contribution in [2.75, 3.05) is 7.11 Å². The van der Waals surface area contributed by atoms with Gasteiger partial charge in [-0.3, -0.25) is 4.79 Å². The van der Waals surface area contributed by atoms with Crippen LogP contribution in [0.3, 0.4) is 0 Å². The van der Waals surface area contributed by atoms with E-state index in [0.717, 1.165) is 5.56 Å². The number of ether oxygens (including phenoxy) is 1. The number of nitrogens with two attached hydrogens (primary N) is 1. The van der Waals surface area contributed by atoms with Crippen LogP contribution >= 0.6 is 12.4 Å². The molecule has 0 spiro atoms. The number of carbonyl (C=O) groups is 1. The van der Waals surface area contributed by atoms with Crippen molar-refractivity contribution in [2.45, 2.75) is 12.5 Å². The minimum absolute atomic E-state index is 0. The van der Waals surface area contributed by atoms with Gasteiger partial charge in [0, 0.05) is 6.04 Å². The predicted molar refractivity (Wildman–Crippen MR) is 59.4 cm³/mol. The number of halogens is 1. The number of rotatable bonds is 4. The van der Waals surface area contributed by atoms with Gasteiger partial charge in [0.1, 0.15) is 5.75 Å². The van der Waals surface area contributed by atoms with Crippen molar-refractivity contribution in [3.05, 3.63) is 29.8 Å². The van der Waals surface area contributed by atoms with Crippen LogP contribution in [0.25, 0.3) is 0 Å². The van der Waals surface area contributed by atoms with Gasteiger partial charge < -0.3 is 15.6 Å². The molecule has 0 amide bonds. The lowest BCUT2D eigenvalue weighted by atomic mass is 10.0. The summed E-state index contributed by atoms with van der Waals surface area (Å²) in [6.45, 7) is 0. The molecule has 0 unspecified atom stereocenters. The van der Waals surface area contributed by atoms with E-state index in [1.54, 1.807) is 31.4 Å². The molecule has 1 atom stereocenters. The molecule has 0 aliphatic heterocycles. The first-order valence-corrected chi connectivity index (χ1v) is 4.25. The maximum absolute atomic E-state index is 10.4. The molecule has 1 aromatic rings. The average molecular weight is 232 g/mol. The van der Waals surface area contributed by atoms with E-state index in [1.165, 1.54) is 0 Å². The minimum atomic E-state index is -0.902. The van der Waals surface area contributed by atoms with Crippen LogP contribution in [0.4, 0.5) is 0 Å². The summed E-state index contributed by atoms with van der Waals surface area (Å²) in [7, 11) is 1.56. The fourth-order valence-electron chi connectivity index (χ4n) is 1.18. The van der Waals surface area contributed by atoms with Crippen LogP contribution in [-0.2, 0) is 4.79 Å². The van der Waals surface area contributed by atoms with Crippen LogP contribution in [0.1, 0.15) is 18.0 Å². The lowest BCUT2D eigenvalue weighted by Gasteiger charge is -2.10. The fraction of sp³-hybridized carbons (Fsp3) is 0.300. The van der Waals surface area contributed by atoms with Gasteiger partial charge in [0.15, 0.2) is 0 Å². The highest BCUT2D eigenvalue weighted by Crippen LogP contribution is 2.19. The fourth-order valence-corrected chi connectivity index (χ4v) is 1.18. The van der Waals surface area contributed by atoms with Crippen molar-refractivity contribution in [1.29, 1.82) is 0 Å². The van der Waals surface area contributed by atoms with Gasteiger partial charge in [0.25, 0.3) is 0 Å². The monoisotopic (exact) mass is 231 g/mol. The number of hydrogen-bond acceptors (Lipinski definition) is 3. The Bertz CT molecular complexity index is 330. The van der Waals surface area contributed by atoms with Gasteiger partial charge >= 0.3 is 5.97 Å². The Balaban J connectivity index is 0.00000196. The summed E-state index contributed by atoms with van der Waals surface area (Å²) < 4.78 is 5.01. The van der Waals surface area contributed by atoms with E-state index in [0.29, 0.717) is 5.75 Å². The molecule has 15 heavy (non-hydrogen) atoms. The van der Waals surface area contributed by atoms with E-state index in [4.69, 9.17) is 15.6 Å². The molecule has 0 bridgehead atoms. The summed E-state index contributed by atoms with van der Waals surface area (Å²) in [5.41, 5.74) is 6.45. The van der Waals surface area contributed by atoms with Crippen molar-refractivity contribution in [3.8, 4) is 5.75 Å². The summed E-state index contributed by atoms with van der Waals surface area (Å²) in [6.07, 6.45) is -0.0762. The Kier molecular flexibility index (Phi) is 5.74. The Morgan fingerprint density at radius 3 is 2.80 bits per heavy atom. The van der Waals surface area contributed by atoms with Crippen LogP contribution in [0.15, 0.2) is 24.3 Å². The molecule has 0 radical (unpaired) electrons. The van der Waals surface area contributed by atoms with E-state index >= 15 is 0 Å². The Labute approximate surface area is 94.5 Å². The van der Waals surface area contributed by atoms with Crippen molar-refractivity contribution in [3.63, 3.8) is 0 Å². The third kappa shape index (κ3) is 4.18. The summed E-state index contributed by atoms with van der Waals surface area (Å²) in [4.78, 5) is 10.4. The van der Waals surface area contributed by atoms with Crippen LogP contribution in [0.2, 0.25) is 0 Å². The molecule has 3 N–H and O–H groups in total. The van der Waals surface area contributed by atoms with Crippen LogP contribution in [0.5, 0.6) is 5.75 Å². The maximum Gasteiger partial charge on any atom is 0.305 e. The van der Waals surface area contributed by atoms with Gasteiger partial charge in [0.2, 0.25) is 0 Å². The first-order chi connectivity index (χ1) is 6.63. The Morgan fingerprint density at radius 1 is 1.60 bits per heavy atom. The highest BCUT2D eigenvalue weighted by atomic mass is 35.5. The van der Waals surface area contributed by atoms with E-state index in [2.05, 4.69) is 0 Å². The summed E-state index contributed by atoms with van der Waals surface area (Å²) in [5, 5.41) is 8.56. The Hall–Kier alpha value is -1.26. The molecule has 1 aromatic carbocycles. The second-order valence-corrected chi connectivity index (χ2v) is 2.98. The average Bonchev–Trinajstić information content (AvgIpc) is 2.17. The zero-order valence-electron chi connectivity index (χ0n) is 8.34. The second kappa shape index (κ2) is 6.27. The summed E-state index contributed by atoms with van der Waals surface area (Å²) in [5.74, 6) is -0.219.